The monoisotopic (exact) mass is 422 g/mol. The molecule has 0 radical (unpaired) electrons. The van der Waals surface area contributed by atoms with Gasteiger partial charge >= 0.3 is 10.4 Å². The molecule has 0 amide bonds. The average Bonchev–Trinajstić information content (AvgIpc) is 2.61. The second kappa shape index (κ2) is 10.1. The standard InChI is InChI=1S/C12H22O14S/c13-1-4(16)7(18)10(5(17)2-14)25-12-9(20)11(26-27(21,22)23)8(19)6(3-15)24-12/h1,4-12,14-20H,2-3H2,(H,21,22,23)/t4-,5+,6+,7+,8-,9+,10+,11-,12-/m0/s1. The normalized spacial score (nSPS) is 33.9. The van der Waals surface area contributed by atoms with Crippen molar-refractivity contribution in [2.45, 2.75) is 55.1 Å². The first-order valence-corrected chi connectivity index (χ1v) is 8.87. The maximum absolute atomic E-state index is 10.9. The minimum absolute atomic E-state index is 0.103. The summed E-state index contributed by atoms with van der Waals surface area (Å²) < 4.78 is 44.7. The Hall–Kier alpha value is -0.820. The molecule has 0 aromatic rings. The summed E-state index contributed by atoms with van der Waals surface area (Å²) in [6.45, 7) is -1.95. The Morgan fingerprint density at radius 1 is 1.11 bits per heavy atom. The second-order valence-electron chi connectivity index (χ2n) is 5.66. The number of rotatable bonds is 10. The van der Waals surface area contributed by atoms with Crippen LogP contribution in [0.4, 0.5) is 0 Å². The van der Waals surface area contributed by atoms with E-state index in [2.05, 4.69) is 4.18 Å². The number of hydrogen-bond acceptors (Lipinski definition) is 13. The molecule has 0 aromatic carbocycles. The van der Waals surface area contributed by atoms with Crippen LogP contribution in [0.2, 0.25) is 0 Å². The van der Waals surface area contributed by atoms with E-state index in [1.165, 1.54) is 0 Å². The Balaban J connectivity index is 3.10. The number of aliphatic hydroxyl groups excluding tert-OH is 7. The van der Waals surface area contributed by atoms with Crippen LogP contribution in [-0.2, 0) is 28.9 Å². The van der Waals surface area contributed by atoms with Gasteiger partial charge in [-0.3, -0.25) is 4.55 Å². The smallest absolute Gasteiger partial charge is 0.394 e. The molecule has 1 saturated heterocycles. The van der Waals surface area contributed by atoms with Crippen molar-refractivity contribution in [3.8, 4) is 0 Å². The van der Waals surface area contributed by atoms with Crippen molar-refractivity contribution in [1.29, 1.82) is 0 Å². The van der Waals surface area contributed by atoms with Gasteiger partial charge in [0.25, 0.3) is 0 Å². The summed E-state index contributed by atoms with van der Waals surface area (Å²) in [5.74, 6) is 0. The highest BCUT2D eigenvalue weighted by atomic mass is 32.3. The van der Waals surface area contributed by atoms with Crippen LogP contribution >= 0.6 is 0 Å². The van der Waals surface area contributed by atoms with Gasteiger partial charge in [-0.15, -0.1) is 0 Å². The molecule has 0 aliphatic carbocycles. The third kappa shape index (κ3) is 6.34. The number of aldehydes is 1. The minimum atomic E-state index is -5.17. The molecule has 9 atom stereocenters. The minimum Gasteiger partial charge on any atom is -0.394 e. The number of hydrogen-bond donors (Lipinski definition) is 8. The quantitative estimate of drug-likeness (QED) is 0.121. The SMILES string of the molecule is O=C[C@H](O)[C@@H](O)[C@H](O[C@@H]1O[C@H](CO)[C@H](O)[C@H](OS(=O)(=O)O)[C@H]1O)[C@H](O)CO. The zero-order valence-electron chi connectivity index (χ0n) is 13.6. The Kier molecular flexibility index (Phi) is 9.06. The molecule has 1 rings (SSSR count). The highest BCUT2D eigenvalue weighted by molar-refractivity contribution is 7.80. The van der Waals surface area contributed by atoms with Crippen LogP contribution in [0.25, 0.3) is 0 Å². The summed E-state index contributed by atoms with van der Waals surface area (Å²) >= 11 is 0. The van der Waals surface area contributed by atoms with Crippen LogP contribution in [0, 0.1) is 0 Å². The van der Waals surface area contributed by atoms with Gasteiger partial charge in [-0.2, -0.15) is 8.42 Å². The van der Waals surface area contributed by atoms with Crippen molar-refractivity contribution < 1.29 is 67.2 Å². The summed E-state index contributed by atoms with van der Waals surface area (Å²) in [5, 5.41) is 67.1. The van der Waals surface area contributed by atoms with Crippen molar-refractivity contribution in [2.75, 3.05) is 13.2 Å². The molecule has 0 bridgehead atoms. The molecular formula is C12H22O14S. The molecule has 15 heteroatoms. The van der Waals surface area contributed by atoms with Gasteiger partial charge < -0.3 is 50.0 Å². The van der Waals surface area contributed by atoms with Gasteiger partial charge in [0.15, 0.2) is 12.6 Å². The number of aliphatic hydroxyl groups is 7. The first kappa shape index (κ1) is 24.2. The summed E-state index contributed by atoms with van der Waals surface area (Å²) in [4.78, 5) is 10.6. The molecule has 1 heterocycles. The summed E-state index contributed by atoms with van der Waals surface area (Å²) in [5.41, 5.74) is 0. The van der Waals surface area contributed by atoms with Gasteiger partial charge in [0, 0.05) is 0 Å². The first-order valence-electron chi connectivity index (χ1n) is 7.50. The molecule has 160 valence electrons. The molecular weight excluding hydrogens is 400 g/mol. The lowest BCUT2D eigenvalue weighted by atomic mass is 9.98. The van der Waals surface area contributed by atoms with E-state index in [1.54, 1.807) is 0 Å². The summed E-state index contributed by atoms with van der Waals surface area (Å²) in [6.07, 6.45) is -17.9. The van der Waals surface area contributed by atoms with E-state index in [1.807, 2.05) is 0 Å². The fourth-order valence-electron chi connectivity index (χ4n) is 2.35. The summed E-state index contributed by atoms with van der Waals surface area (Å²) in [7, 11) is -5.17. The molecule has 0 spiro atoms. The van der Waals surface area contributed by atoms with Crippen LogP contribution in [0.1, 0.15) is 0 Å². The predicted octanol–water partition coefficient (Wildman–Crippen LogP) is -5.73. The van der Waals surface area contributed by atoms with Crippen molar-refractivity contribution in [1.82, 2.24) is 0 Å². The Labute approximate surface area is 153 Å². The number of carbonyl (C=O) groups is 1. The van der Waals surface area contributed by atoms with Gasteiger partial charge in [-0.05, 0) is 0 Å². The second-order valence-corrected chi connectivity index (χ2v) is 6.71. The summed E-state index contributed by atoms with van der Waals surface area (Å²) in [6, 6.07) is 0. The van der Waals surface area contributed by atoms with Crippen molar-refractivity contribution >= 4 is 16.7 Å². The van der Waals surface area contributed by atoms with E-state index in [0.29, 0.717) is 0 Å². The Morgan fingerprint density at radius 3 is 2.15 bits per heavy atom. The molecule has 0 unspecified atom stereocenters. The zero-order valence-corrected chi connectivity index (χ0v) is 14.4. The predicted molar refractivity (Wildman–Crippen MR) is 80.2 cm³/mol. The lowest BCUT2D eigenvalue weighted by Crippen LogP contribution is -2.62. The van der Waals surface area contributed by atoms with E-state index in [4.69, 9.17) is 19.1 Å². The first-order chi connectivity index (χ1) is 12.5. The third-order valence-corrected chi connectivity index (χ3v) is 4.20. The Morgan fingerprint density at radius 2 is 1.70 bits per heavy atom. The fourth-order valence-corrected chi connectivity index (χ4v) is 2.86. The maximum atomic E-state index is 10.9. The van der Waals surface area contributed by atoms with Crippen LogP contribution in [-0.4, -0.2) is 123 Å². The van der Waals surface area contributed by atoms with Crippen LogP contribution in [0.15, 0.2) is 0 Å². The van der Waals surface area contributed by atoms with Gasteiger partial charge in [0.1, 0.15) is 48.8 Å². The van der Waals surface area contributed by atoms with E-state index in [-0.39, 0.29) is 6.29 Å². The van der Waals surface area contributed by atoms with Crippen LogP contribution < -0.4 is 0 Å². The van der Waals surface area contributed by atoms with Gasteiger partial charge in [-0.1, -0.05) is 0 Å². The fraction of sp³-hybridized carbons (Fsp3) is 0.917. The van der Waals surface area contributed by atoms with Crippen molar-refractivity contribution in [2.24, 2.45) is 0 Å². The van der Waals surface area contributed by atoms with E-state index in [0.717, 1.165) is 0 Å². The van der Waals surface area contributed by atoms with Gasteiger partial charge in [0.2, 0.25) is 0 Å². The molecule has 8 N–H and O–H groups in total. The number of ether oxygens (including phenoxy) is 2. The zero-order chi connectivity index (χ0) is 20.9. The van der Waals surface area contributed by atoms with Crippen LogP contribution in [0.3, 0.4) is 0 Å². The largest absolute Gasteiger partial charge is 0.397 e. The average molecular weight is 422 g/mol. The highest BCUT2D eigenvalue weighted by Crippen LogP contribution is 2.27. The van der Waals surface area contributed by atoms with Gasteiger partial charge in [0.05, 0.1) is 13.2 Å². The van der Waals surface area contributed by atoms with Crippen molar-refractivity contribution in [3.63, 3.8) is 0 Å². The lowest BCUT2D eigenvalue weighted by Gasteiger charge is -2.42. The Bertz CT molecular complexity index is 568. The number of carbonyl (C=O) groups excluding carboxylic acids is 1. The maximum Gasteiger partial charge on any atom is 0.397 e. The van der Waals surface area contributed by atoms with E-state index >= 15 is 0 Å². The van der Waals surface area contributed by atoms with E-state index < -0.39 is 78.7 Å². The molecule has 1 aliphatic heterocycles. The van der Waals surface area contributed by atoms with Gasteiger partial charge in [-0.25, -0.2) is 4.18 Å². The lowest BCUT2D eigenvalue weighted by molar-refractivity contribution is -0.323. The molecule has 1 fully saturated rings. The molecule has 0 saturated carbocycles. The van der Waals surface area contributed by atoms with Crippen molar-refractivity contribution in [3.05, 3.63) is 0 Å². The molecule has 14 nitrogen and oxygen atoms in total. The highest BCUT2D eigenvalue weighted by Gasteiger charge is 2.49. The van der Waals surface area contributed by atoms with Crippen LogP contribution in [0.5, 0.6) is 0 Å². The molecule has 1 aliphatic rings. The third-order valence-electron chi connectivity index (χ3n) is 3.74. The molecule has 0 aromatic heterocycles. The van der Waals surface area contributed by atoms with E-state index in [9.17, 15) is 43.9 Å². The topological polar surface area (TPSA) is 241 Å². The molecule has 27 heavy (non-hydrogen) atoms.